The normalized spacial score (nSPS) is 12.6. The van der Waals surface area contributed by atoms with Gasteiger partial charge in [0.1, 0.15) is 10.6 Å². The molecule has 0 N–H and O–H groups in total. The van der Waals surface area contributed by atoms with Crippen LogP contribution in [-0.4, -0.2) is 28.1 Å². The van der Waals surface area contributed by atoms with Crippen LogP contribution in [0.5, 0.6) is 0 Å². The maximum Gasteiger partial charge on any atom is 0.338 e. The SMILES string of the molecule is CC(c1ccccc1Cl)N(C)Cc1c(Cl)cc(Cl)c(=O)n1CCc1ccc(C(=O)OC(C)(C)C)cc1. The van der Waals surface area contributed by atoms with Crippen molar-refractivity contribution in [2.45, 2.75) is 58.8 Å². The molecule has 1 unspecified atom stereocenters. The molecule has 1 aromatic heterocycles. The van der Waals surface area contributed by atoms with Crippen molar-refractivity contribution in [1.82, 2.24) is 9.47 Å². The maximum absolute atomic E-state index is 13.0. The molecular weight excluding hydrogens is 519 g/mol. The number of hydrogen-bond acceptors (Lipinski definition) is 4. The molecule has 0 radical (unpaired) electrons. The Morgan fingerprint density at radius 2 is 1.64 bits per heavy atom. The number of nitrogens with zero attached hydrogens (tertiary/aromatic N) is 2. The van der Waals surface area contributed by atoms with E-state index in [4.69, 9.17) is 39.5 Å². The molecule has 36 heavy (non-hydrogen) atoms. The first-order valence-electron chi connectivity index (χ1n) is 11.7. The summed E-state index contributed by atoms with van der Waals surface area (Å²) < 4.78 is 7.05. The van der Waals surface area contributed by atoms with Crippen LogP contribution in [-0.2, 0) is 24.2 Å². The monoisotopic (exact) mass is 548 g/mol. The van der Waals surface area contributed by atoms with Gasteiger partial charge in [0.25, 0.3) is 5.56 Å². The molecule has 2 aromatic carbocycles. The number of halogens is 3. The van der Waals surface area contributed by atoms with Crippen LogP contribution in [0.1, 0.15) is 60.9 Å². The second kappa shape index (κ2) is 11.8. The zero-order valence-corrected chi connectivity index (χ0v) is 23.4. The number of carbonyl (C=O) groups excluding carboxylic acids is 1. The highest BCUT2D eigenvalue weighted by Gasteiger charge is 2.20. The molecule has 0 amide bonds. The van der Waals surface area contributed by atoms with Crippen LogP contribution in [0.2, 0.25) is 15.1 Å². The van der Waals surface area contributed by atoms with Gasteiger partial charge in [-0.2, -0.15) is 0 Å². The zero-order valence-electron chi connectivity index (χ0n) is 21.1. The molecule has 0 spiro atoms. The largest absolute Gasteiger partial charge is 0.456 e. The fourth-order valence-electron chi connectivity index (χ4n) is 3.84. The Bertz CT molecular complexity index is 1280. The topological polar surface area (TPSA) is 51.5 Å². The Balaban J connectivity index is 1.80. The van der Waals surface area contributed by atoms with E-state index >= 15 is 0 Å². The highest BCUT2D eigenvalue weighted by molar-refractivity contribution is 6.34. The first kappa shape index (κ1) is 28.3. The maximum atomic E-state index is 13.0. The minimum absolute atomic E-state index is 0.00519. The fourth-order valence-corrected chi connectivity index (χ4v) is 4.68. The average Bonchev–Trinajstić information content (AvgIpc) is 2.81. The molecule has 0 aliphatic rings. The van der Waals surface area contributed by atoms with Gasteiger partial charge in [-0.15, -0.1) is 0 Å². The third-order valence-electron chi connectivity index (χ3n) is 5.93. The van der Waals surface area contributed by atoms with Crippen molar-refractivity contribution in [2.75, 3.05) is 7.05 Å². The van der Waals surface area contributed by atoms with Gasteiger partial charge < -0.3 is 9.30 Å². The van der Waals surface area contributed by atoms with E-state index in [1.54, 1.807) is 16.7 Å². The van der Waals surface area contributed by atoms with Crippen molar-refractivity contribution in [2.24, 2.45) is 0 Å². The van der Waals surface area contributed by atoms with Crippen molar-refractivity contribution in [3.63, 3.8) is 0 Å². The van der Waals surface area contributed by atoms with E-state index in [-0.39, 0.29) is 22.6 Å². The quantitative estimate of drug-likeness (QED) is 0.279. The first-order valence-corrected chi connectivity index (χ1v) is 12.9. The molecule has 192 valence electrons. The van der Waals surface area contributed by atoms with Gasteiger partial charge in [-0.25, -0.2) is 4.79 Å². The van der Waals surface area contributed by atoms with Crippen LogP contribution in [0, 0.1) is 0 Å². The summed E-state index contributed by atoms with van der Waals surface area (Å²) in [6, 6.07) is 16.4. The van der Waals surface area contributed by atoms with E-state index in [0.717, 1.165) is 11.1 Å². The molecule has 8 heteroatoms. The van der Waals surface area contributed by atoms with Crippen LogP contribution >= 0.6 is 34.8 Å². The number of ether oxygens (including phenoxy) is 1. The zero-order chi connectivity index (χ0) is 26.6. The van der Waals surface area contributed by atoms with Crippen molar-refractivity contribution in [1.29, 1.82) is 0 Å². The van der Waals surface area contributed by atoms with E-state index in [1.807, 2.05) is 64.2 Å². The Hall–Kier alpha value is -2.31. The lowest BCUT2D eigenvalue weighted by Crippen LogP contribution is -2.30. The van der Waals surface area contributed by atoms with E-state index in [1.165, 1.54) is 6.07 Å². The van der Waals surface area contributed by atoms with Gasteiger partial charge in [0.2, 0.25) is 0 Å². The number of esters is 1. The van der Waals surface area contributed by atoms with Gasteiger partial charge in [-0.1, -0.05) is 65.1 Å². The minimum atomic E-state index is -0.560. The van der Waals surface area contributed by atoms with Gasteiger partial charge in [0.15, 0.2) is 0 Å². The number of aromatic nitrogens is 1. The summed E-state index contributed by atoms with van der Waals surface area (Å²) in [5, 5.41) is 1.19. The van der Waals surface area contributed by atoms with Crippen molar-refractivity contribution in [3.05, 3.63) is 102 Å². The van der Waals surface area contributed by atoms with Crippen LogP contribution in [0.3, 0.4) is 0 Å². The van der Waals surface area contributed by atoms with Gasteiger partial charge >= 0.3 is 5.97 Å². The van der Waals surface area contributed by atoms with Crippen LogP contribution in [0.15, 0.2) is 59.4 Å². The number of hydrogen-bond donors (Lipinski definition) is 0. The predicted octanol–water partition coefficient (Wildman–Crippen LogP) is 7.20. The summed E-state index contributed by atoms with van der Waals surface area (Å²) in [4.78, 5) is 27.4. The number of aryl methyl sites for hydroxylation is 1. The molecule has 0 saturated heterocycles. The lowest BCUT2D eigenvalue weighted by Gasteiger charge is -2.27. The van der Waals surface area contributed by atoms with Crippen molar-refractivity contribution >= 4 is 40.8 Å². The summed E-state index contributed by atoms with van der Waals surface area (Å²) in [5.41, 5.74) is 2.26. The average molecular weight is 550 g/mol. The van der Waals surface area contributed by atoms with E-state index in [0.29, 0.717) is 40.8 Å². The Morgan fingerprint density at radius 1 is 1.00 bits per heavy atom. The second-order valence-electron chi connectivity index (χ2n) is 9.81. The summed E-state index contributed by atoms with van der Waals surface area (Å²) in [7, 11) is 1.96. The van der Waals surface area contributed by atoms with Crippen molar-refractivity contribution < 1.29 is 9.53 Å². The highest BCUT2D eigenvalue weighted by Crippen LogP contribution is 2.29. The molecule has 0 aliphatic carbocycles. The number of benzene rings is 2. The van der Waals surface area contributed by atoms with Crippen LogP contribution in [0.4, 0.5) is 0 Å². The molecular formula is C28H31Cl3N2O3. The first-order chi connectivity index (χ1) is 16.9. The standard InChI is InChI=1S/C28H31Cl3N2O3/c1-18(21-8-6-7-9-22(21)29)32(5)17-25-23(30)16-24(31)26(34)33(25)15-14-19-10-12-20(13-11-19)27(35)36-28(2,3)4/h6-13,16,18H,14-15,17H2,1-5H3. The molecule has 1 atom stereocenters. The van der Waals surface area contributed by atoms with Crippen LogP contribution < -0.4 is 5.56 Å². The van der Waals surface area contributed by atoms with Gasteiger partial charge in [0.05, 0.1) is 16.3 Å². The minimum Gasteiger partial charge on any atom is -0.456 e. The summed E-state index contributed by atoms with van der Waals surface area (Å²) >= 11 is 19.2. The number of pyridine rings is 1. The molecule has 3 aromatic rings. The molecule has 0 saturated carbocycles. The predicted molar refractivity (Wildman–Crippen MR) is 147 cm³/mol. The Labute approximate surface area is 227 Å². The highest BCUT2D eigenvalue weighted by atomic mass is 35.5. The molecule has 1 heterocycles. The fraction of sp³-hybridized carbons (Fsp3) is 0.357. The van der Waals surface area contributed by atoms with Gasteiger partial charge in [0, 0.05) is 24.2 Å². The molecule has 0 aliphatic heterocycles. The van der Waals surface area contributed by atoms with E-state index in [9.17, 15) is 9.59 Å². The third-order valence-corrected chi connectivity index (χ3v) is 6.87. The van der Waals surface area contributed by atoms with Crippen LogP contribution in [0.25, 0.3) is 0 Å². The molecule has 5 nitrogen and oxygen atoms in total. The second-order valence-corrected chi connectivity index (χ2v) is 11.0. The Kier molecular flexibility index (Phi) is 9.28. The van der Waals surface area contributed by atoms with Crippen molar-refractivity contribution in [3.8, 4) is 0 Å². The molecule has 0 fully saturated rings. The Morgan fingerprint density at radius 3 is 2.25 bits per heavy atom. The van der Waals surface area contributed by atoms with E-state index in [2.05, 4.69) is 11.8 Å². The summed E-state index contributed by atoms with van der Waals surface area (Å²) in [6.45, 7) is 8.36. The third kappa shape index (κ3) is 7.13. The smallest absolute Gasteiger partial charge is 0.338 e. The molecule has 0 bridgehead atoms. The van der Waals surface area contributed by atoms with Gasteiger partial charge in [-0.05, 0) is 76.6 Å². The summed E-state index contributed by atoms with van der Waals surface area (Å²) in [6.07, 6.45) is 0.557. The lowest BCUT2D eigenvalue weighted by atomic mass is 10.1. The number of carbonyl (C=O) groups is 1. The summed E-state index contributed by atoms with van der Waals surface area (Å²) in [5.74, 6) is -0.371. The number of rotatable bonds is 8. The van der Waals surface area contributed by atoms with Gasteiger partial charge in [-0.3, -0.25) is 9.69 Å². The molecule has 3 rings (SSSR count). The lowest BCUT2D eigenvalue weighted by molar-refractivity contribution is 0.00695. The van der Waals surface area contributed by atoms with E-state index < -0.39 is 5.60 Å².